The second-order valence-electron chi connectivity index (χ2n) is 7.38. The third-order valence-electron chi connectivity index (χ3n) is 5.62. The van der Waals surface area contributed by atoms with Gasteiger partial charge in [0.05, 0.1) is 46.0 Å². The van der Waals surface area contributed by atoms with E-state index in [-0.39, 0.29) is 0 Å². The van der Waals surface area contributed by atoms with E-state index in [9.17, 15) is 0 Å². The summed E-state index contributed by atoms with van der Waals surface area (Å²) in [6.45, 7) is 5.16. The monoisotopic (exact) mass is 378 g/mol. The van der Waals surface area contributed by atoms with Crippen molar-refractivity contribution in [2.45, 2.75) is 44.7 Å². The molecule has 0 spiro atoms. The second kappa shape index (κ2) is 9.42. The lowest BCUT2D eigenvalue weighted by Crippen LogP contribution is -3.13. The molecule has 1 aliphatic carbocycles. The smallest absolute Gasteiger partial charge is 0.169 e. The molecule has 2 N–H and O–H groups in total. The Morgan fingerprint density at radius 3 is 2.54 bits per heavy atom. The third kappa shape index (κ3) is 5.01. The van der Waals surface area contributed by atoms with Gasteiger partial charge in [-0.1, -0.05) is 19.3 Å². The number of ether oxygens (including phenoxy) is 2. The first-order valence-electron chi connectivity index (χ1n) is 9.79. The van der Waals surface area contributed by atoms with Crippen LogP contribution in [0.1, 0.15) is 37.7 Å². The van der Waals surface area contributed by atoms with Gasteiger partial charge in [-0.2, -0.15) is 0 Å². The number of thiocarbonyl (C=S) groups is 1. The van der Waals surface area contributed by atoms with Crippen LogP contribution in [0.4, 0.5) is 0 Å². The van der Waals surface area contributed by atoms with Crippen LogP contribution in [0.2, 0.25) is 0 Å². The Balaban J connectivity index is 1.50. The van der Waals surface area contributed by atoms with E-state index in [1.807, 2.05) is 12.1 Å². The zero-order chi connectivity index (χ0) is 18.4. The maximum atomic E-state index is 5.66. The Labute approximate surface area is 162 Å². The number of piperazine rings is 1. The van der Waals surface area contributed by atoms with Crippen molar-refractivity contribution in [1.82, 2.24) is 10.2 Å². The van der Waals surface area contributed by atoms with Crippen molar-refractivity contribution in [1.29, 1.82) is 0 Å². The molecule has 1 heterocycles. The van der Waals surface area contributed by atoms with Crippen LogP contribution < -0.4 is 19.7 Å². The van der Waals surface area contributed by atoms with E-state index in [4.69, 9.17) is 21.7 Å². The summed E-state index contributed by atoms with van der Waals surface area (Å²) >= 11 is 5.66. The topological polar surface area (TPSA) is 38.2 Å². The molecule has 1 aromatic rings. The van der Waals surface area contributed by atoms with Gasteiger partial charge in [-0.25, -0.2) is 0 Å². The maximum Gasteiger partial charge on any atom is 0.169 e. The fourth-order valence-corrected chi connectivity index (χ4v) is 4.35. The summed E-state index contributed by atoms with van der Waals surface area (Å²) in [6, 6.07) is 6.62. The number of methoxy groups -OCH3 is 2. The van der Waals surface area contributed by atoms with Crippen molar-refractivity contribution in [3.8, 4) is 11.5 Å². The van der Waals surface area contributed by atoms with Gasteiger partial charge in [-0.15, -0.1) is 0 Å². The van der Waals surface area contributed by atoms with Gasteiger partial charge in [-0.05, 0) is 43.3 Å². The molecule has 1 aromatic carbocycles. The quantitative estimate of drug-likeness (QED) is 0.762. The minimum atomic E-state index is 0.586. The highest BCUT2D eigenvalue weighted by Gasteiger charge is 2.24. The highest BCUT2D eigenvalue weighted by Crippen LogP contribution is 2.23. The van der Waals surface area contributed by atoms with E-state index in [1.165, 1.54) is 37.7 Å². The number of quaternary nitrogens is 1. The standard InChI is InChI=1S/C20H31N3O2S/c1-24-18-8-9-19(25-2)16(14-18)15-22-10-12-23(13-11-22)20(26)21-17-6-4-3-5-7-17/h8-9,14,17H,3-7,10-13,15H2,1-2H3,(H,21,26)/p+1. The maximum absolute atomic E-state index is 5.66. The summed E-state index contributed by atoms with van der Waals surface area (Å²) in [7, 11) is 3.44. The zero-order valence-corrected chi connectivity index (χ0v) is 16.9. The molecule has 144 valence electrons. The number of benzene rings is 1. The number of rotatable bonds is 5. The molecule has 26 heavy (non-hydrogen) atoms. The first-order valence-corrected chi connectivity index (χ1v) is 10.2. The van der Waals surface area contributed by atoms with Crippen molar-refractivity contribution < 1.29 is 14.4 Å². The van der Waals surface area contributed by atoms with E-state index in [2.05, 4.69) is 16.3 Å². The number of nitrogens with one attached hydrogen (secondary N) is 2. The SMILES string of the molecule is COc1ccc(OC)c(C[NH+]2CCN(C(=S)NC3CCCCC3)CC2)c1. The molecule has 0 unspecified atom stereocenters. The van der Waals surface area contributed by atoms with Crippen molar-refractivity contribution in [3.05, 3.63) is 23.8 Å². The lowest BCUT2D eigenvalue weighted by Gasteiger charge is -2.36. The van der Waals surface area contributed by atoms with Crippen molar-refractivity contribution in [2.24, 2.45) is 0 Å². The van der Waals surface area contributed by atoms with Gasteiger partial charge in [0.25, 0.3) is 0 Å². The normalized spacial score (nSPS) is 19.2. The van der Waals surface area contributed by atoms with Gasteiger partial charge >= 0.3 is 0 Å². The fourth-order valence-electron chi connectivity index (χ4n) is 4.01. The van der Waals surface area contributed by atoms with Gasteiger partial charge in [0.1, 0.15) is 18.0 Å². The minimum Gasteiger partial charge on any atom is -0.497 e. The number of hydrogen-bond donors (Lipinski definition) is 2. The molecule has 0 aromatic heterocycles. The highest BCUT2D eigenvalue weighted by atomic mass is 32.1. The first kappa shape index (κ1) is 19.2. The van der Waals surface area contributed by atoms with Crippen molar-refractivity contribution in [3.63, 3.8) is 0 Å². The van der Waals surface area contributed by atoms with E-state index < -0.39 is 0 Å². The molecule has 0 atom stereocenters. The molecule has 1 aliphatic heterocycles. The third-order valence-corrected chi connectivity index (χ3v) is 5.99. The van der Waals surface area contributed by atoms with Gasteiger partial charge in [0, 0.05) is 6.04 Å². The van der Waals surface area contributed by atoms with Crippen LogP contribution in [0.5, 0.6) is 11.5 Å². The molecule has 0 bridgehead atoms. The van der Waals surface area contributed by atoms with E-state index in [0.717, 1.165) is 49.3 Å². The summed E-state index contributed by atoms with van der Waals surface area (Å²) < 4.78 is 10.9. The lowest BCUT2D eigenvalue weighted by molar-refractivity contribution is -0.917. The molecule has 6 heteroatoms. The molecule has 3 rings (SSSR count). The van der Waals surface area contributed by atoms with Crippen LogP contribution in [0.3, 0.4) is 0 Å². The average molecular weight is 379 g/mol. The van der Waals surface area contributed by atoms with Crippen LogP contribution in [-0.2, 0) is 6.54 Å². The summed E-state index contributed by atoms with van der Waals surface area (Å²) in [5.74, 6) is 1.83. The summed E-state index contributed by atoms with van der Waals surface area (Å²) in [5, 5.41) is 4.55. The van der Waals surface area contributed by atoms with Gasteiger partial charge in [-0.3, -0.25) is 0 Å². The Morgan fingerprint density at radius 1 is 1.15 bits per heavy atom. The molecule has 2 fully saturated rings. The molecule has 1 saturated carbocycles. The van der Waals surface area contributed by atoms with Gasteiger partial charge in [0.15, 0.2) is 5.11 Å². The van der Waals surface area contributed by atoms with Crippen molar-refractivity contribution >= 4 is 17.3 Å². The second-order valence-corrected chi connectivity index (χ2v) is 7.76. The fraction of sp³-hybridized carbons (Fsp3) is 0.650. The Bertz CT molecular complexity index is 597. The summed E-state index contributed by atoms with van der Waals surface area (Å²) in [5.41, 5.74) is 1.21. The molecular formula is C20H32N3O2S+. The van der Waals surface area contributed by atoms with Gasteiger partial charge in [0.2, 0.25) is 0 Å². The first-order chi connectivity index (χ1) is 12.7. The average Bonchev–Trinajstić information content (AvgIpc) is 2.69. The molecule has 0 radical (unpaired) electrons. The minimum absolute atomic E-state index is 0.586. The predicted octanol–water partition coefficient (Wildman–Crippen LogP) is 1.61. The Kier molecular flexibility index (Phi) is 6.97. The highest BCUT2D eigenvalue weighted by molar-refractivity contribution is 7.80. The Hall–Kier alpha value is -1.53. The number of nitrogens with zero attached hydrogens (tertiary/aromatic N) is 1. The van der Waals surface area contributed by atoms with Crippen molar-refractivity contribution in [2.75, 3.05) is 40.4 Å². The molecule has 5 nitrogen and oxygen atoms in total. The van der Waals surface area contributed by atoms with E-state index in [0.29, 0.717) is 6.04 Å². The molecule has 2 aliphatic rings. The largest absolute Gasteiger partial charge is 0.497 e. The van der Waals surface area contributed by atoms with Gasteiger partial charge < -0.3 is 24.6 Å². The molecular weight excluding hydrogens is 346 g/mol. The van der Waals surface area contributed by atoms with Crippen LogP contribution in [-0.4, -0.2) is 56.5 Å². The Morgan fingerprint density at radius 2 is 1.88 bits per heavy atom. The lowest BCUT2D eigenvalue weighted by atomic mass is 9.96. The predicted molar refractivity (Wildman–Crippen MR) is 108 cm³/mol. The van der Waals surface area contributed by atoms with E-state index in [1.54, 1.807) is 19.1 Å². The van der Waals surface area contributed by atoms with Crippen LogP contribution in [0.15, 0.2) is 18.2 Å². The molecule has 1 saturated heterocycles. The zero-order valence-electron chi connectivity index (χ0n) is 16.1. The molecule has 0 amide bonds. The van der Waals surface area contributed by atoms with Crippen LogP contribution >= 0.6 is 12.2 Å². The van der Waals surface area contributed by atoms with Crippen LogP contribution in [0.25, 0.3) is 0 Å². The summed E-state index contributed by atoms with van der Waals surface area (Å²) in [4.78, 5) is 3.91. The van der Waals surface area contributed by atoms with Crippen LogP contribution in [0, 0.1) is 0 Å². The summed E-state index contributed by atoms with van der Waals surface area (Å²) in [6.07, 6.45) is 6.57. The number of hydrogen-bond acceptors (Lipinski definition) is 3. The van der Waals surface area contributed by atoms with E-state index >= 15 is 0 Å².